The van der Waals surface area contributed by atoms with E-state index >= 15 is 0 Å². The van der Waals surface area contributed by atoms with Crippen molar-refractivity contribution in [3.8, 4) is 17.2 Å². The second-order valence-electron chi connectivity index (χ2n) is 14.0. The Hall–Kier alpha value is -5.29. The molecule has 10 nitrogen and oxygen atoms in total. The summed E-state index contributed by atoms with van der Waals surface area (Å²) in [6, 6.07) is 29.5. The van der Waals surface area contributed by atoms with E-state index in [4.69, 9.17) is 46.9 Å². The quantitative estimate of drug-likeness (QED) is 0.112. The molecule has 2 bridgehead atoms. The van der Waals surface area contributed by atoms with Crippen molar-refractivity contribution < 1.29 is 38.3 Å². The van der Waals surface area contributed by atoms with E-state index in [1.165, 1.54) is 0 Å². The van der Waals surface area contributed by atoms with Crippen LogP contribution >= 0.6 is 23.2 Å². The molecule has 0 spiro atoms. The molecular formula is C44H44Cl2N3O7+. The summed E-state index contributed by atoms with van der Waals surface area (Å²) >= 11 is 13.0. The molecule has 0 aliphatic carbocycles. The number of pyridine rings is 1. The summed E-state index contributed by atoms with van der Waals surface area (Å²) in [4.78, 5) is 32.1. The zero-order valence-electron chi connectivity index (χ0n) is 31.2. The smallest absolute Gasteiger partial charge is 0.408 e. The van der Waals surface area contributed by atoms with Crippen LogP contribution in [0.5, 0.6) is 17.2 Å². The molecule has 0 radical (unpaired) electrons. The van der Waals surface area contributed by atoms with Gasteiger partial charge in [-0.2, -0.15) is 0 Å². The van der Waals surface area contributed by atoms with Gasteiger partial charge in [0.1, 0.15) is 34.6 Å². The first-order chi connectivity index (χ1) is 27.3. The van der Waals surface area contributed by atoms with Crippen molar-refractivity contribution in [2.75, 3.05) is 33.9 Å². The van der Waals surface area contributed by atoms with E-state index in [1.807, 2.05) is 72.8 Å². The highest BCUT2D eigenvalue weighted by molar-refractivity contribution is 6.35. The van der Waals surface area contributed by atoms with Gasteiger partial charge >= 0.3 is 12.1 Å². The van der Waals surface area contributed by atoms with Crippen molar-refractivity contribution in [2.45, 2.75) is 44.1 Å². The highest BCUT2D eigenvalue weighted by Gasteiger charge is 2.37. The van der Waals surface area contributed by atoms with E-state index in [2.05, 4.69) is 15.2 Å². The molecule has 5 aromatic rings. The Morgan fingerprint density at radius 1 is 0.821 bits per heavy atom. The van der Waals surface area contributed by atoms with Crippen molar-refractivity contribution in [3.63, 3.8) is 0 Å². The summed E-state index contributed by atoms with van der Waals surface area (Å²) in [5.74, 6) is 1.56. The van der Waals surface area contributed by atoms with Crippen molar-refractivity contribution in [1.29, 1.82) is 0 Å². The molecule has 0 saturated carbocycles. The lowest BCUT2D eigenvalue weighted by molar-refractivity contribution is -0.377. The van der Waals surface area contributed by atoms with E-state index in [0.717, 1.165) is 49.2 Å². The van der Waals surface area contributed by atoms with Gasteiger partial charge in [-0.1, -0.05) is 83.9 Å². The van der Waals surface area contributed by atoms with Crippen LogP contribution in [0.4, 0.5) is 4.79 Å². The first-order valence-electron chi connectivity index (χ1n) is 18.6. The fourth-order valence-corrected chi connectivity index (χ4v) is 7.89. The van der Waals surface area contributed by atoms with Crippen molar-refractivity contribution in [1.82, 2.24) is 10.2 Å². The summed E-state index contributed by atoms with van der Waals surface area (Å²) in [5, 5.41) is 3.96. The van der Waals surface area contributed by atoms with Crippen molar-refractivity contribution >= 4 is 35.3 Å². The number of nitrogens with one attached hydrogen (secondary N) is 2. The number of nitrogens with zero attached hydrogens (tertiary/aromatic N) is 1. The number of fused-ring (bicyclic) bond motifs is 3. The number of carbonyl (C=O) groups excluding carboxylic acids is 2. The lowest BCUT2D eigenvalue weighted by Gasteiger charge is -2.43. The Kier molecular flexibility index (Phi) is 12.6. The number of piperidine rings is 3. The number of amides is 1. The number of aromatic nitrogens is 1. The van der Waals surface area contributed by atoms with Gasteiger partial charge < -0.3 is 29.0 Å². The average Bonchev–Trinajstić information content (AvgIpc) is 3.23. The number of hydrogen-bond donors (Lipinski definition) is 1. The van der Waals surface area contributed by atoms with Crippen molar-refractivity contribution in [3.05, 3.63) is 153 Å². The monoisotopic (exact) mass is 796 g/mol. The summed E-state index contributed by atoms with van der Waals surface area (Å²) in [7, 11) is 3.10. The minimum atomic E-state index is -0.744. The largest absolute Gasteiger partial charge is 0.493 e. The van der Waals surface area contributed by atoms with Crippen LogP contribution in [0.15, 0.2) is 109 Å². The molecule has 3 aliphatic heterocycles. The number of esters is 1. The Bertz CT molecular complexity index is 2110. The Morgan fingerprint density at radius 3 is 2.21 bits per heavy atom. The second kappa shape index (κ2) is 18.1. The van der Waals surface area contributed by atoms with E-state index in [9.17, 15) is 9.59 Å². The van der Waals surface area contributed by atoms with Crippen LogP contribution in [-0.4, -0.2) is 56.9 Å². The zero-order valence-corrected chi connectivity index (χ0v) is 32.7. The molecule has 2 N–H and O–H groups in total. The number of hydrogen-bond acceptors (Lipinski definition) is 8. The average molecular weight is 798 g/mol. The highest BCUT2D eigenvalue weighted by atomic mass is 35.5. The summed E-state index contributed by atoms with van der Waals surface area (Å²) < 4.78 is 29.2. The van der Waals surface area contributed by atoms with Gasteiger partial charge in [0.15, 0.2) is 23.9 Å². The van der Waals surface area contributed by atoms with Crippen LogP contribution in [-0.2, 0) is 22.5 Å². The lowest BCUT2D eigenvalue weighted by Crippen LogP contribution is -2.52. The number of aromatic amines is 1. The fourth-order valence-electron chi connectivity index (χ4n) is 7.36. The van der Waals surface area contributed by atoms with Crippen LogP contribution in [0.2, 0.25) is 10.0 Å². The Morgan fingerprint density at radius 2 is 1.54 bits per heavy atom. The van der Waals surface area contributed by atoms with Crippen molar-refractivity contribution in [2.24, 2.45) is 5.92 Å². The number of carbonyl (C=O) groups is 2. The van der Waals surface area contributed by atoms with Gasteiger partial charge in [-0.3, -0.25) is 4.90 Å². The normalized spacial score (nSPS) is 18.3. The van der Waals surface area contributed by atoms with Gasteiger partial charge in [0.2, 0.25) is 0 Å². The summed E-state index contributed by atoms with van der Waals surface area (Å²) in [6.45, 7) is 3.19. The number of halogens is 2. The topological polar surface area (TPSA) is 110 Å². The maximum atomic E-state index is 13.6. The van der Waals surface area contributed by atoms with Gasteiger partial charge in [-0.25, -0.2) is 14.6 Å². The van der Waals surface area contributed by atoms with E-state index in [0.29, 0.717) is 49.9 Å². The van der Waals surface area contributed by atoms with Crippen LogP contribution in [0, 0.1) is 5.92 Å². The summed E-state index contributed by atoms with van der Waals surface area (Å²) in [5.41, 5.74) is 4.31. The zero-order chi connectivity index (χ0) is 39.0. The maximum Gasteiger partial charge on any atom is 0.408 e. The maximum absolute atomic E-state index is 13.6. The number of benzene rings is 4. The molecule has 3 saturated heterocycles. The molecular weight excluding hydrogens is 753 g/mol. The minimum absolute atomic E-state index is 0.0952. The standard InChI is InChI=1S/C44H43Cl2N3O7/c1-52-38-16-15-32(22-40(38)53-2)39(23-35-36(45)24-47-25-37(35)46)55-43(50)31-13-11-28(12-14-31)27-54-34-10-6-9-33(21-34)42(30-7-4-3-5-8-30)48-44(51)56-41-26-49-19-17-29(41)18-20-49/h3-16,21-22,24-25,29,39,41-42H,17-20,23,26-27H2,1-2H3,(H,48,51)/p+1/t39?,41-,42?/m0/s1. The van der Waals surface area contributed by atoms with E-state index < -0.39 is 24.2 Å². The van der Waals surface area contributed by atoms with Crippen LogP contribution < -0.4 is 24.5 Å². The fraction of sp³-hybridized carbons (Fsp3) is 0.295. The van der Waals surface area contributed by atoms with E-state index in [-0.39, 0.29) is 19.1 Å². The van der Waals surface area contributed by atoms with Gasteiger partial charge in [-0.05, 0) is 90.5 Å². The van der Waals surface area contributed by atoms with Crippen LogP contribution in [0.25, 0.3) is 0 Å². The van der Waals surface area contributed by atoms with Crippen LogP contribution in [0.1, 0.15) is 63.2 Å². The second-order valence-corrected chi connectivity index (χ2v) is 14.8. The van der Waals surface area contributed by atoms with Gasteiger partial charge in [0, 0.05) is 18.5 Å². The molecule has 2 unspecified atom stereocenters. The number of ether oxygens (including phenoxy) is 5. The molecule has 3 fully saturated rings. The Labute approximate surface area is 336 Å². The molecule has 4 aromatic carbocycles. The molecule has 1 aromatic heterocycles. The predicted molar refractivity (Wildman–Crippen MR) is 212 cm³/mol. The molecule has 3 aliphatic rings. The molecule has 4 heterocycles. The van der Waals surface area contributed by atoms with Crippen LogP contribution in [0.3, 0.4) is 0 Å². The van der Waals surface area contributed by atoms with Gasteiger partial charge in [-0.15, -0.1) is 0 Å². The number of rotatable bonds is 14. The third-order valence-corrected chi connectivity index (χ3v) is 11.1. The molecule has 12 heteroatoms. The van der Waals surface area contributed by atoms with Gasteiger partial charge in [0.05, 0.1) is 25.8 Å². The van der Waals surface area contributed by atoms with Gasteiger partial charge in [0.25, 0.3) is 0 Å². The summed E-state index contributed by atoms with van der Waals surface area (Å²) in [6.07, 6.45) is 4.33. The first-order valence-corrected chi connectivity index (χ1v) is 19.4. The first kappa shape index (κ1) is 39.0. The highest BCUT2D eigenvalue weighted by Crippen LogP contribution is 2.36. The minimum Gasteiger partial charge on any atom is -0.493 e. The molecule has 290 valence electrons. The molecule has 8 rings (SSSR count). The molecule has 56 heavy (non-hydrogen) atoms. The van der Waals surface area contributed by atoms with E-state index in [1.54, 1.807) is 50.9 Å². The number of methoxy groups -OCH3 is 2. The Balaban J connectivity index is 1.02. The third kappa shape index (κ3) is 9.38. The third-order valence-electron chi connectivity index (χ3n) is 10.5. The SMILES string of the molecule is COc1ccc(C(Cc2c(Cl)c[nH+]cc2Cl)OC(=O)c2ccc(COc3cccc(C(NC(=O)O[C@H]4CN5CCC4CC5)c4ccccc4)c3)cc2)cc1OC. The predicted octanol–water partition coefficient (Wildman–Crippen LogP) is 8.45. The lowest BCUT2D eigenvalue weighted by atomic mass is 9.86. The molecule has 3 atom stereocenters. The number of H-pyrrole nitrogens is 1. The number of alkyl carbamates (subject to hydrolysis) is 1. The molecule has 1 amide bonds.